The second kappa shape index (κ2) is 18.7. The van der Waals surface area contributed by atoms with Crippen molar-refractivity contribution in [2.45, 2.75) is 55.9 Å². The van der Waals surface area contributed by atoms with Gasteiger partial charge < -0.3 is 10.2 Å². The summed E-state index contributed by atoms with van der Waals surface area (Å²) in [5, 5.41) is 3.71. The minimum absolute atomic E-state index is 0.000582. The summed E-state index contributed by atoms with van der Waals surface area (Å²) < 4.78 is 103. The van der Waals surface area contributed by atoms with Gasteiger partial charge in [0.15, 0.2) is 5.71 Å². The molecule has 0 radical (unpaired) electrons. The van der Waals surface area contributed by atoms with Gasteiger partial charge in [0, 0.05) is 62.2 Å². The van der Waals surface area contributed by atoms with E-state index in [-0.39, 0.29) is 50.1 Å². The van der Waals surface area contributed by atoms with E-state index < -0.39 is 81.2 Å². The van der Waals surface area contributed by atoms with Crippen molar-refractivity contribution in [1.82, 2.24) is 15.3 Å². The number of allylic oxidation sites excluding steroid dienone is 4. The van der Waals surface area contributed by atoms with Crippen LogP contribution in [0.25, 0.3) is 0 Å². The summed E-state index contributed by atoms with van der Waals surface area (Å²) in [6.07, 6.45) is 8.86. The van der Waals surface area contributed by atoms with Gasteiger partial charge in [-0.25, -0.2) is 9.63 Å². The van der Waals surface area contributed by atoms with E-state index in [1.807, 2.05) is 13.8 Å². The van der Waals surface area contributed by atoms with Crippen LogP contribution in [0.4, 0.5) is 11.5 Å². The number of hydrogen-bond donors (Lipinski definition) is 4. The van der Waals surface area contributed by atoms with E-state index in [9.17, 15) is 58.1 Å². The van der Waals surface area contributed by atoms with Crippen molar-refractivity contribution in [3.8, 4) is 0 Å². The van der Waals surface area contributed by atoms with Gasteiger partial charge in [0.1, 0.15) is 6.20 Å². The Morgan fingerprint density at radius 1 is 0.848 bits per heavy atom. The van der Waals surface area contributed by atoms with Crippen LogP contribution in [0.1, 0.15) is 71.0 Å². The van der Waals surface area contributed by atoms with Crippen molar-refractivity contribution < 1.29 is 67.5 Å². The number of carbonyl (C=O) groups excluding carboxylic acids is 4. The van der Waals surface area contributed by atoms with Crippen molar-refractivity contribution in [3.05, 3.63) is 119 Å². The number of nitrogens with one attached hydrogen (secondary N) is 1. The van der Waals surface area contributed by atoms with Gasteiger partial charge in [-0.1, -0.05) is 18.2 Å². The molecule has 6 rings (SSSR count). The fraction of sp³-hybridized carbons (Fsp3) is 0.349. The third-order valence-corrected chi connectivity index (χ3v) is 14.2. The van der Waals surface area contributed by atoms with Gasteiger partial charge in [-0.2, -0.15) is 25.3 Å². The summed E-state index contributed by atoms with van der Waals surface area (Å²) in [5.41, 5.74) is 1.34. The number of pyridine rings is 1. The molecule has 0 saturated heterocycles. The highest BCUT2D eigenvalue weighted by Gasteiger charge is 2.46. The van der Waals surface area contributed by atoms with Crippen LogP contribution in [-0.4, -0.2) is 124 Å². The van der Waals surface area contributed by atoms with Crippen molar-refractivity contribution >= 4 is 71.2 Å². The van der Waals surface area contributed by atoms with E-state index in [0.29, 0.717) is 39.6 Å². The number of anilines is 1. The predicted octanol–water partition coefficient (Wildman–Crippen LogP) is 2.69. The number of aryl methyl sites for hydroxylation is 1. The molecule has 1 aromatic heterocycles. The molecule has 0 spiro atoms. The number of imide groups is 1. The molecule has 1 atom stereocenters. The number of aliphatic imine (C=N–C) groups is 1. The van der Waals surface area contributed by atoms with E-state index in [2.05, 4.69) is 5.32 Å². The highest BCUT2D eigenvalue weighted by Crippen LogP contribution is 2.52. The minimum Gasteiger partial charge on any atom is -0.350 e. The van der Waals surface area contributed by atoms with E-state index in [1.54, 1.807) is 52.8 Å². The molecule has 352 valence electrons. The number of hydrogen-bond acceptors (Lipinski definition) is 13. The third kappa shape index (κ3) is 10.5. The lowest BCUT2D eigenvalue weighted by Gasteiger charge is -2.31. The van der Waals surface area contributed by atoms with Gasteiger partial charge in [0.2, 0.25) is 0 Å². The summed E-state index contributed by atoms with van der Waals surface area (Å²) in [6, 6.07) is 12.0. The Balaban J connectivity index is 1.42. The maximum absolute atomic E-state index is 13.3. The second-order valence-electron chi connectivity index (χ2n) is 16.4. The van der Waals surface area contributed by atoms with Crippen LogP contribution in [-0.2, 0) is 62.2 Å². The molecule has 23 heteroatoms. The van der Waals surface area contributed by atoms with Gasteiger partial charge in [0.25, 0.3) is 54.0 Å². The van der Waals surface area contributed by atoms with Crippen LogP contribution in [0, 0.1) is 0 Å². The van der Waals surface area contributed by atoms with E-state index >= 15 is 0 Å². The quantitative estimate of drug-likeness (QED) is 0.0617. The van der Waals surface area contributed by atoms with Gasteiger partial charge in [-0.05, 0) is 91.9 Å². The first-order valence-electron chi connectivity index (χ1n) is 20.4. The zero-order valence-electron chi connectivity index (χ0n) is 36.5. The predicted molar refractivity (Wildman–Crippen MR) is 240 cm³/mol. The molecule has 4 heterocycles. The van der Waals surface area contributed by atoms with Gasteiger partial charge in [0.05, 0.1) is 52.0 Å². The molecule has 1 unspecified atom stereocenters. The number of nitrogens with zero attached hydrogens (tertiary/aromatic N) is 5. The fourth-order valence-corrected chi connectivity index (χ4v) is 9.60. The molecule has 3 aliphatic heterocycles. The molecule has 4 N–H and O–H groups in total. The molecule has 0 fully saturated rings. The first-order chi connectivity index (χ1) is 30.8. The molecule has 4 amide bonds. The SMILES string of the molecule is CON(C)C(=O)c1cc2c([n+](CCCS(=O)(=O)O)c1)N=C(/C=C/C=C1/N(CCCS(=O)(=O)O)c3ccc(S(=O)(=O)O)cc3C1(C)c1ccc(C(=O)NCCN3C(=O)C=CC3=O)cc1)C2(C)C. The first-order valence-corrected chi connectivity index (χ1v) is 25.0. The Morgan fingerprint density at radius 3 is 2.09 bits per heavy atom. The molecule has 0 aliphatic carbocycles. The lowest BCUT2D eigenvalue weighted by molar-refractivity contribution is -0.684. The Bertz CT molecular complexity index is 2950. The normalized spacial score (nSPS) is 18.6. The zero-order valence-corrected chi connectivity index (χ0v) is 39.0. The largest absolute Gasteiger partial charge is 0.350 e. The van der Waals surface area contributed by atoms with Crippen molar-refractivity contribution in [1.29, 1.82) is 0 Å². The molecule has 2 aromatic carbocycles. The number of rotatable bonds is 18. The van der Waals surface area contributed by atoms with Crippen LogP contribution in [0.5, 0.6) is 0 Å². The number of fused-ring (bicyclic) bond motifs is 2. The van der Waals surface area contributed by atoms with Crippen LogP contribution >= 0.6 is 0 Å². The van der Waals surface area contributed by atoms with Crippen LogP contribution in [0.2, 0.25) is 0 Å². The van der Waals surface area contributed by atoms with Crippen LogP contribution < -0.4 is 14.8 Å². The summed E-state index contributed by atoms with van der Waals surface area (Å²) >= 11 is 0. The maximum Gasteiger partial charge on any atom is 0.327 e. The topological polar surface area (TPSA) is 279 Å². The standard InChI is InChI=1S/C43H48N6O14S3/c1-42(2)33-25-29(41(53)46(4)63-5)27-47(20-7-23-64(54,55)56)39(33)45-35(42)9-6-10-36-43(3,30-13-11-28(12-14-30)40(52)44-19-22-49-37(50)17-18-38(49)51)32-26-31(66(60,61)62)15-16-34(32)48(36)21-8-24-65(57,58)59/h6,9-18,25-27H,7-8,19-24H2,1-5H3,(H3-,44,52,54,55,56,57,58,59,60,61,62)/p+1. The van der Waals surface area contributed by atoms with Crippen LogP contribution in [0.3, 0.4) is 0 Å². The summed E-state index contributed by atoms with van der Waals surface area (Å²) in [5.74, 6) is -2.68. The Kier molecular flexibility index (Phi) is 14.0. The molecular weight excluding hydrogens is 921 g/mol. The average molecular weight is 970 g/mol. The molecule has 3 aromatic rings. The minimum atomic E-state index is -4.72. The third-order valence-electron chi connectivity index (χ3n) is 11.7. The summed E-state index contributed by atoms with van der Waals surface area (Å²) in [7, 11) is -10.6. The van der Waals surface area contributed by atoms with Crippen molar-refractivity contribution in [3.63, 3.8) is 0 Å². The second-order valence-corrected chi connectivity index (χ2v) is 20.9. The van der Waals surface area contributed by atoms with Crippen molar-refractivity contribution in [2.75, 3.05) is 50.2 Å². The smallest absolute Gasteiger partial charge is 0.327 e. The molecule has 66 heavy (non-hydrogen) atoms. The molecule has 0 bridgehead atoms. The highest BCUT2D eigenvalue weighted by atomic mass is 32.2. The lowest BCUT2D eigenvalue weighted by atomic mass is 9.75. The monoisotopic (exact) mass is 969 g/mol. The molecule has 3 aliphatic rings. The molecular formula is C43H49N6O14S3+. The van der Waals surface area contributed by atoms with Gasteiger partial charge >= 0.3 is 5.82 Å². The van der Waals surface area contributed by atoms with E-state index in [1.165, 1.54) is 50.7 Å². The van der Waals surface area contributed by atoms with Crippen molar-refractivity contribution in [2.24, 2.45) is 4.99 Å². The van der Waals surface area contributed by atoms with Gasteiger partial charge in [-0.15, -0.1) is 0 Å². The number of benzene rings is 2. The number of amides is 4. The fourth-order valence-electron chi connectivity index (χ4n) is 8.11. The van der Waals surface area contributed by atoms with E-state index in [4.69, 9.17) is 9.83 Å². The molecule has 20 nitrogen and oxygen atoms in total. The number of aromatic nitrogens is 1. The highest BCUT2D eigenvalue weighted by molar-refractivity contribution is 7.86. The number of hydroxylamine groups is 2. The van der Waals surface area contributed by atoms with E-state index in [0.717, 1.165) is 22.1 Å². The van der Waals surface area contributed by atoms with Crippen LogP contribution in [0.15, 0.2) is 101 Å². The molecule has 0 saturated carbocycles. The lowest BCUT2D eigenvalue weighted by Crippen LogP contribution is -2.38. The Hall–Kier alpha value is -5.95. The first kappa shape index (κ1) is 49.5. The summed E-state index contributed by atoms with van der Waals surface area (Å²) in [6.45, 7) is 5.55. The average Bonchev–Trinajstić information content (AvgIpc) is 3.79. The maximum atomic E-state index is 13.3. The van der Waals surface area contributed by atoms with Gasteiger partial charge in [-0.3, -0.25) is 42.6 Å². The zero-order chi connectivity index (χ0) is 48.6. The summed E-state index contributed by atoms with van der Waals surface area (Å²) in [4.78, 5) is 62.7. The Morgan fingerprint density at radius 2 is 1.48 bits per heavy atom. The Labute approximate surface area is 382 Å². The number of carbonyl (C=O) groups is 4.